The first-order valence-corrected chi connectivity index (χ1v) is 7.31. The van der Waals surface area contributed by atoms with Gasteiger partial charge in [0.2, 0.25) is 5.91 Å². The predicted octanol–water partition coefficient (Wildman–Crippen LogP) is 2.55. The minimum absolute atomic E-state index is 0.124. The molecule has 0 heterocycles. The molecule has 1 aliphatic rings. The van der Waals surface area contributed by atoms with Crippen LogP contribution in [0.15, 0.2) is 18.2 Å². The summed E-state index contributed by atoms with van der Waals surface area (Å²) in [5.41, 5.74) is 6.19. The molecular formula is C16H24N2O3. The molecule has 116 valence electrons. The van der Waals surface area contributed by atoms with Crippen LogP contribution in [0.1, 0.15) is 32.6 Å². The van der Waals surface area contributed by atoms with Crippen LogP contribution in [0.4, 0.5) is 5.69 Å². The van der Waals surface area contributed by atoms with Crippen molar-refractivity contribution in [3.63, 3.8) is 0 Å². The Hall–Kier alpha value is -1.75. The maximum absolute atomic E-state index is 12.5. The van der Waals surface area contributed by atoms with Gasteiger partial charge >= 0.3 is 0 Å². The monoisotopic (exact) mass is 292 g/mol. The van der Waals surface area contributed by atoms with Crippen LogP contribution < -0.4 is 20.5 Å². The summed E-state index contributed by atoms with van der Waals surface area (Å²) in [6, 6.07) is 5.29. The van der Waals surface area contributed by atoms with Gasteiger partial charge in [0, 0.05) is 11.8 Å². The fourth-order valence-electron chi connectivity index (χ4n) is 2.97. The van der Waals surface area contributed by atoms with Crippen LogP contribution >= 0.6 is 0 Å². The van der Waals surface area contributed by atoms with E-state index in [1.165, 1.54) is 0 Å². The third-order valence-corrected chi connectivity index (χ3v) is 4.13. The minimum atomic E-state index is -0.773. The van der Waals surface area contributed by atoms with Crippen LogP contribution in [0.3, 0.4) is 0 Å². The number of carbonyl (C=O) groups excluding carboxylic acids is 1. The lowest BCUT2D eigenvalue weighted by Gasteiger charge is -2.35. The summed E-state index contributed by atoms with van der Waals surface area (Å²) >= 11 is 0. The normalized spacial score (nSPS) is 25.2. The van der Waals surface area contributed by atoms with E-state index >= 15 is 0 Å². The number of amides is 1. The van der Waals surface area contributed by atoms with Crippen molar-refractivity contribution in [3.05, 3.63) is 18.2 Å². The first-order valence-electron chi connectivity index (χ1n) is 7.31. The number of anilines is 1. The van der Waals surface area contributed by atoms with Gasteiger partial charge in [-0.1, -0.05) is 19.8 Å². The van der Waals surface area contributed by atoms with Crippen LogP contribution in [-0.2, 0) is 4.79 Å². The van der Waals surface area contributed by atoms with E-state index in [4.69, 9.17) is 15.2 Å². The average Bonchev–Trinajstić information content (AvgIpc) is 2.46. The number of ether oxygens (including phenoxy) is 2. The van der Waals surface area contributed by atoms with E-state index < -0.39 is 5.54 Å². The molecule has 2 atom stereocenters. The van der Waals surface area contributed by atoms with Crippen LogP contribution in [-0.4, -0.2) is 25.7 Å². The van der Waals surface area contributed by atoms with Gasteiger partial charge < -0.3 is 20.5 Å². The number of rotatable bonds is 4. The summed E-state index contributed by atoms with van der Waals surface area (Å²) in [5, 5.41) is 2.90. The van der Waals surface area contributed by atoms with Gasteiger partial charge in [0.15, 0.2) is 11.5 Å². The molecule has 0 bridgehead atoms. The summed E-state index contributed by atoms with van der Waals surface area (Å²) in [5.74, 6) is 1.57. The second-order valence-electron chi connectivity index (χ2n) is 5.88. The van der Waals surface area contributed by atoms with Gasteiger partial charge in [-0.05, 0) is 30.9 Å². The summed E-state index contributed by atoms with van der Waals surface area (Å²) in [6.45, 7) is 2.14. The molecule has 3 N–H and O–H groups in total. The van der Waals surface area contributed by atoms with Crippen molar-refractivity contribution in [2.75, 3.05) is 19.5 Å². The number of methoxy groups -OCH3 is 2. The van der Waals surface area contributed by atoms with Crippen molar-refractivity contribution in [3.8, 4) is 11.5 Å². The maximum Gasteiger partial charge on any atom is 0.244 e. The van der Waals surface area contributed by atoms with Crippen molar-refractivity contribution in [2.45, 2.75) is 38.1 Å². The molecule has 1 fully saturated rings. The van der Waals surface area contributed by atoms with E-state index in [0.29, 0.717) is 23.1 Å². The smallest absolute Gasteiger partial charge is 0.244 e. The molecule has 1 amide bonds. The van der Waals surface area contributed by atoms with Gasteiger partial charge in [-0.25, -0.2) is 0 Å². The van der Waals surface area contributed by atoms with Crippen LogP contribution in [0.25, 0.3) is 0 Å². The molecule has 1 saturated carbocycles. The fraction of sp³-hybridized carbons (Fsp3) is 0.562. The quantitative estimate of drug-likeness (QED) is 0.894. The molecule has 0 saturated heterocycles. The second-order valence-corrected chi connectivity index (χ2v) is 5.88. The minimum Gasteiger partial charge on any atom is -0.493 e. The highest BCUT2D eigenvalue weighted by molar-refractivity contribution is 5.98. The SMILES string of the molecule is COc1ccc(NC(=O)C2(N)CCCC(C)C2)cc1OC. The Morgan fingerprint density at radius 3 is 2.67 bits per heavy atom. The zero-order chi connectivity index (χ0) is 15.5. The van der Waals surface area contributed by atoms with Crippen molar-refractivity contribution in [1.82, 2.24) is 0 Å². The van der Waals surface area contributed by atoms with Crippen molar-refractivity contribution in [1.29, 1.82) is 0 Å². The summed E-state index contributed by atoms with van der Waals surface area (Å²) in [6.07, 6.45) is 3.60. The molecule has 0 spiro atoms. The van der Waals surface area contributed by atoms with Crippen molar-refractivity contribution >= 4 is 11.6 Å². The van der Waals surface area contributed by atoms with Crippen LogP contribution in [0.5, 0.6) is 11.5 Å². The van der Waals surface area contributed by atoms with Gasteiger partial charge in [0.1, 0.15) is 0 Å². The zero-order valence-corrected chi connectivity index (χ0v) is 12.9. The predicted molar refractivity (Wildman–Crippen MR) is 82.7 cm³/mol. The number of nitrogens with two attached hydrogens (primary N) is 1. The lowest BCUT2D eigenvalue weighted by molar-refractivity contribution is -0.122. The molecule has 1 aromatic rings. The number of hydrogen-bond donors (Lipinski definition) is 2. The molecule has 2 rings (SSSR count). The van der Waals surface area contributed by atoms with Crippen molar-refractivity contribution < 1.29 is 14.3 Å². The summed E-state index contributed by atoms with van der Waals surface area (Å²) in [4.78, 5) is 12.5. The standard InChI is InChI=1S/C16H24N2O3/c1-11-5-4-8-16(17,10-11)15(19)18-12-6-7-13(20-2)14(9-12)21-3/h6-7,9,11H,4-5,8,10,17H2,1-3H3,(H,18,19). The van der Waals surface area contributed by atoms with E-state index in [1.54, 1.807) is 32.4 Å². The Morgan fingerprint density at radius 2 is 2.05 bits per heavy atom. The molecule has 5 nitrogen and oxygen atoms in total. The third-order valence-electron chi connectivity index (χ3n) is 4.13. The highest BCUT2D eigenvalue weighted by Gasteiger charge is 2.37. The van der Waals surface area contributed by atoms with Gasteiger partial charge in [-0.2, -0.15) is 0 Å². The largest absolute Gasteiger partial charge is 0.493 e. The van der Waals surface area contributed by atoms with Gasteiger partial charge in [-0.15, -0.1) is 0 Å². The van der Waals surface area contributed by atoms with Crippen LogP contribution in [0, 0.1) is 5.92 Å². The highest BCUT2D eigenvalue weighted by atomic mass is 16.5. The molecule has 5 heteroatoms. The summed E-state index contributed by atoms with van der Waals surface area (Å²) < 4.78 is 10.4. The molecule has 0 aromatic heterocycles. The molecule has 2 unspecified atom stereocenters. The Kier molecular flexibility index (Phi) is 4.73. The van der Waals surface area contributed by atoms with Gasteiger partial charge in [0.25, 0.3) is 0 Å². The molecular weight excluding hydrogens is 268 g/mol. The topological polar surface area (TPSA) is 73.6 Å². The Bertz CT molecular complexity index is 518. The Morgan fingerprint density at radius 1 is 1.33 bits per heavy atom. The van der Waals surface area contributed by atoms with E-state index in [-0.39, 0.29) is 5.91 Å². The molecule has 0 aliphatic heterocycles. The summed E-state index contributed by atoms with van der Waals surface area (Å²) in [7, 11) is 3.14. The number of nitrogens with one attached hydrogen (secondary N) is 1. The second kappa shape index (κ2) is 6.35. The van der Waals surface area contributed by atoms with Crippen molar-refractivity contribution in [2.24, 2.45) is 11.7 Å². The Labute approximate surface area is 125 Å². The Balaban J connectivity index is 2.12. The number of benzene rings is 1. The molecule has 1 aromatic carbocycles. The molecule has 0 radical (unpaired) electrons. The van der Waals surface area contributed by atoms with E-state index in [9.17, 15) is 4.79 Å². The molecule has 21 heavy (non-hydrogen) atoms. The zero-order valence-electron chi connectivity index (χ0n) is 12.9. The highest BCUT2D eigenvalue weighted by Crippen LogP contribution is 2.33. The number of hydrogen-bond acceptors (Lipinski definition) is 4. The first kappa shape index (κ1) is 15.6. The lowest BCUT2D eigenvalue weighted by atomic mass is 9.76. The van der Waals surface area contributed by atoms with Crippen LogP contribution in [0.2, 0.25) is 0 Å². The van der Waals surface area contributed by atoms with E-state index in [1.807, 2.05) is 0 Å². The number of carbonyl (C=O) groups is 1. The average molecular weight is 292 g/mol. The molecule has 1 aliphatic carbocycles. The van der Waals surface area contributed by atoms with E-state index in [2.05, 4.69) is 12.2 Å². The van der Waals surface area contributed by atoms with Gasteiger partial charge in [0.05, 0.1) is 19.8 Å². The third kappa shape index (κ3) is 3.47. The maximum atomic E-state index is 12.5. The fourth-order valence-corrected chi connectivity index (χ4v) is 2.97. The van der Waals surface area contributed by atoms with Gasteiger partial charge in [-0.3, -0.25) is 4.79 Å². The first-order chi connectivity index (χ1) is 9.98. The van der Waals surface area contributed by atoms with E-state index in [0.717, 1.165) is 25.7 Å². The lowest BCUT2D eigenvalue weighted by Crippen LogP contribution is -2.53.